The van der Waals surface area contributed by atoms with Crippen LogP contribution in [0.2, 0.25) is 0 Å². The average Bonchev–Trinajstić information content (AvgIpc) is 3.63. The molecule has 12 nitrogen and oxygen atoms in total. The lowest BCUT2D eigenvalue weighted by molar-refractivity contribution is -0.116. The quantitative estimate of drug-likeness (QED) is 0.187. The third kappa shape index (κ3) is 8.74. The lowest BCUT2D eigenvalue weighted by Gasteiger charge is -2.25. The van der Waals surface area contributed by atoms with Crippen molar-refractivity contribution >= 4 is 67.9 Å². The molecule has 4 amide bonds. The van der Waals surface area contributed by atoms with Crippen molar-refractivity contribution in [3.8, 4) is 0 Å². The fraction of sp³-hybridized carbons (Fsp3) is 0.333. The molecule has 14 heteroatoms. The number of rotatable bonds is 10. The third-order valence-corrected chi connectivity index (χ3v) is 8.97. The molecule has 2 atom stereocenters. The Kier molecular flexibility index (Phi) is 10.0. The van der Waals surface area contributed by atoms with E-state index in [9.17, 15) is 19.2 Å². The van der Waals surface area contributed by atoms with E-state index in [2.05, 4.69) is 41.7 Å². The minimum atomic E-state index is -0.210. The van der Waals surface area contributed by atoms with Gasteiger partial charge in [0.05, 0.1) is 12.8 Å². The van der Waals surface area contributed by atoms with Crippen LogP contribution < -0.4 is 21.3 Å². The van der Waals surface area contributed by atoms with Crippen LogP contribution in [0.3, 0.4) is 0 Å². The molecule has 0 saturated heterocycles. The maximum atomic E-state index is 12.7. The van der Waals surface area contributed by atoms with Crippen LogP contribution in [0, 0.1) is 0 Å². The van der Waals surface area contributed by atoms with Crippen LogP contribution in [0.25, 0.3) is 0 Å². The molecule has 4 aromatic rings. The van der Waals surface area contributed by atoms with E-state index in [1.54, 1.807) is 36.4 Å². The number of hydrogen-bond acceptors (Lipinski definition) is 10. The summed E-state index contributed by atoms with van der Waals surface area (Å²) < 4.78 is 0. The molecule has 0 bridgehead atoms. The van der Waals surface area contributed by atoms with E-state index in [1.165, 1.54) is 36.5 Å². The molecule has 2 aromatic heterocycles. The zero-order valence-corrected chi connectivity index (χ0v) is 25.9. The molecule has 44 heavy (non-hydrogen) atoms. The first kappa shape index (κ1) is 30.9. The van der Waals surface area contributed by atoms with Gasteiger partial charge in [0.15, 0.2) is 0 Å². The van der Waals surface area contributed by atoms with Crippen LogP contribution in [0.1, 0.15) is 72.5 Å². The molecule has 1 aliphatic rings. The highest BCUT2D eigenvalue weighted by atomic mass is 32.1. The first-order chi connectivity index (χ1) is 21.2. The van der Waals surface area contributed by atoms with Crippen LogP contribution in [0.5, 0.6) is 0 Å². The number of anilines is 4. The van der Waals surface area contributed by atoms with Gasteiger partial charge in [-0.2, -0.15) is 0 Å². The summed E-state index contributed by atoms with van der Waals surface area (Å²) in [5.41, 5.74) is 2.83. The molecule has 2 heterocycles. The predicted octanol–water partition coefficient (Wildman–Crippen LogP) is 5.11. The van der Waals surface area contributed by atoms with Gasteiger partial charge in [0, 0.05) is 37.1 Å². The topological polar surface area (TPSA) is 168 Å². The van der Waals surface area contributed by atoms with Crippen molar-refractivity contribution in [3.05, 3.63) is 69.7 Å². The molecule has 1 saturated carbocycles. The lowest BCUT2D eigenvalue weighted by atomic mass is 9.82. The molecule has 5 rings (SSSR count). The van der Waals surface area contributed by atoms with E-state index in [1.807, 2.05) is 12.1 Å². The SMILES string of the molecule is CC(=O)Nc1cccc(CC(=O)Nc2nnc([C@@H]3CCC[C@@H](c4nnc(NC(=O)Cc5cccc(NC(C)=O)c5)s4)C3)s2)c1. The van der Waals surface area contributed by atoms with Crippen molar-refractivity contribution in [1.29, 1.82) is 0 Å². The summed E-state index contributed by atoms with van der Waals surface area (Å²) in [5.74, 6) is -0.394. The fourth-order valence-electron chi connectivity index (χ4n) is 5.16. The van der Waals surface area contributed by atoms with Crippen molar-refractivity contribution < 1.29 is 19.2 Å². The van der Waals surface area contributed by atoms with Gasteiger partial charge in [-0.1, -0.05) is 53.4 Å². The Morgan fingerprint density at radius 1 is 0.682 bits per heavy atom. The molecule has 1 fully saturated rings. The van der Waals surface area contributed by atoms with Crippen molar-refractivity contribution in [2.45, 2.75) is 64.2 Å². The Morgan fingerprint density at radius 2 is 1.14 bits per heavy atom. The molecule has 0 spiro atoms. The number of hydrogen-bond donors (Lipinski definition) is 4. The second-order valence-corrected chi connectivity index (χ2v) is 12.7. The van der Waals surface area contributed by atoms with E-state index < -0.39 is 0 Å². The zero-order valence-electron chi connectivity index (χ0n) is 24.3. The van der Waals surface area contributed by atoms with Gasteiger partial charge < -0.3 is 21.3 Å². The monoisotopic (exact) mass is 632 g/mol. The third-order valence-electron chi connectivity index (χ3n) is 6.97. The second kappa shape index (κ2) is 14.3. The zero-order chi connectivity index (χ0) is 31.1. The fourth-order valence-corrected chi connectivity index (χ4v) is 6.97. The number of amides is 4. The number of nitrogens with zero attached hydrogens (tertiary/aromatic N) is 4. The van der Waals surface area contributed by atoms with Crippen molar-refractivity contribution in [3.63, 3.8) is 0 Å². The number of aromatic nitrogens is 4. The van der Waals surface area contributed by atoms with E-state index >= 15 is 0 Å². The molecule has 2 aromatic carbocycles. The van der Waals surface area contributed by atoms with Crippen LogP contribution in [0.4, 0.5) is 21.6 Å². The van der Waals surface area contributed by atoms with Gasteiger partial charge in [-0.3, -0.25) is 19.2 Å². The van der Waals surface area contributed by atoms with Crippen molar-refractivity contribution in [2.75, 3.05) is 21.3 Å². The number of carbonyl (C=O) groups excluding carboxylic acids is 4. The van der Waals surface area contributed by atoms with Gasteiger partial charge in [0.1, 0.15) is 10.0 Å². The maximum Gasteiger partial charge on any atom is 0.230 e. The first-order valence-electron chi connectivity index (χ1n) is 14.2. The van der Waals surface area contributed by atoms with Gasteiger partial charge in [0.2, 0.25) is 33.9 Å². The Labute approximate surface area is 262 Å². The summed E-state index contributed by atoms with van der Waals surface area (Å²) in [6.45, 7) is 2.88. The van der Waals surface area contributed by atoms with E-state index in [4.69, 9.17) is 0 Å². The van der Waals surface area contributed by atoms with Gasteiger partial charge in [-0.15, -0.1) is 20.4 Å². The van der Waals surface area contributed by atoms with E-state index in [-0.39, 0.29) is 48.3 Å². The molecule has 4 N–H and O–H groups in total. The smallest absolute Gasteiger partial charge is 0.230 e. The number of nitrogens with one attached hydrogen (secondary N) is 4. The van der Waals surface area contributed by atoms with Crippen LogP contribution in [-0.4, -0.2) is 44.0 Å². The minimum absolute atomic E-state index is 0.146. The Morgan fingerprint density at radius 3 is 1.57 bits per heavy atom. The standard InChI is InChI=1S/C30H32N8O4S2/c1-17(39)31-23-10-3-6-19(12-23)14-25(41)33-29-37-35-27(43-29)21-8-5-9-22(16-21)28-36-38-30(44-28)34-26(42)15-20-7-4-11-24(13-20)32-18(2)40/h3-4,6-7,10-13,21-22H,5,8-9,14-16H2,1-2H3,(H,31,39)(H,32,40)(H,33,37,41)(H,34,38,42)/t21-,22-/m1/s1. The second-order valence-electron chi connectivity index (χ2n) is 10.7. The van der Waals surface area contributed by atoms with Gasteiger partial charge in [-0.05, 0) is 54.7 Å². The predicted molar refractivity (Wildman–Crippen MR) is 170 cm³/mol. The van der Waals surface area contributed by atoms with Gasteiger partial charge >= 0.3 is 0 Å². The highest BCUT2D eigenvalue weighted by Gasteiger charge is 2.29. The Hall–Kier alpha value is -4.56. The summed E-state index contributed by atoms with van der Waals surface area (Å²) in [6.07, 6.45) is 4.05. The minimum Gasteiger partial charge on any atom is -0.326 e. The largest absolute Gasteiger partial charge is 0.326 e. The molecule has 228 valence electrons. The highest BCUT2D eigenvalue weighted by Crippen LogP contribution is 2.43. The average molecular weight is 633 g/mol. The maximum absolute atomic E-state index is 12.7. The Balaban J connectivity index is 1.13. The molecule has 1 aliphatic carbocycles. The van der Waals surface area contributed by atoms with Crippen LogP contribution >= 0.6 is 22.7 Å². The molecule has 0 unspecified atom stereocenters. The molecule has 0 aliphatic heterocycles. The summed E-state index contributed by atoms with van der Waals surface area (Å²) in [7, 11) is 0. The van der Waals surface area contributed by atoms with Crippen molar-refractivity contribution in [1.82, 2.24) is 20.4 Å². The Bertz CT molecular complexity index is 1550. The molecule has 0 radical (unpaired) electrons. The van der Waals surface area contributed by atoms with Crippen LogP contribution in [0.15, 0.2) is 48.5 Å². The lowest BCUT2D eigenvalue weighted by Crippen LogP contribution is -2.14. The van der Waals surface area contributed by atoms with Crippen molar-refractivity contribution in [2.24, 2.45) is 0 Å². The molecular formula is C30H32N8O4S2. The van der Waals surface area contributed by atoms with E-state index in [0.717, 1.165) is 46.8 Å². The highest BCUT2D eigenvalue weighted by molar-refractivity contribution is 7.15. The summed E-state index contributed by atoms with van der Waals surface area (Å²) >= 11 is 2.76. The summed E-state index contributed by atoms with van der Waals surface area (Å²) in [6, 6.07) is 14.3. The van der Waals surface area contributed by atoms with Crippen LogP contribution in [-0.2, 0) is 32.0 Å². The first-order valence-corrected chi connectivity index (χ1v) is 15.8. The normalized spacial score (nSPS) is 16.1. The summed E-state index contributed by atoms with van der Waals surface area (Å²) in [5, 5.41) is 30.9. The van der Waals surface area contributed by atoms with E-state index in [0.29, 0.717) is 21.6 Å². The number of carbonyl (C=O) groups is 4. The van der Waals surface area contributed by atoms with Gasteiger partial charge in [0.25, 0.3) is 0 Å². The van der Waals surface area contributed by atoms with Gasteiger partial charge in [-0.25, -0.2) is 0 Å². The summed E-state index contributed by atoms with van der Waals surface area (Å²) in [4.78, 5) is 47.9. The molecular weight excluding hydrogens is 601 g/mol. The number of benzene rings is 2.